The average molecular weight is 411 g/mol. The van der Waals surface area contributed by atoms with Crippen molar-refractivity contribution in [2.45, 2.75) is 39.3 Å². The monoisotopic (exact) mass is 411 g/mol. The summed E-state index contributed by atoms with van der Waals surface area (Å²) in [7, 11) is 0. The van der Waals surface area contributed by atoms with Gasteiger partial charge in [0.2, 0.25) is 11.6 Å². The third-order valence-electron chi connectivity index (χ3n) is 5.36. The van der Waals surface area contributed by atoms with Crippen LogP contribution in [0.25, 0.3) is 20.9 Å². The van der Waals surface area contributed by atoms with Crippen molar-refractivity contribution in [2.75, 3.05) is 18.0 Å². The Morgan fingerprint density at radius 3 is 2.61 bits per heavy atom. The predicted molar refractivity (Wildman–Crippen MR) is 119 cm³/mol. The lowest BCUT2D eigenvalue weighted by Crippen LogP contribution is -2.32. The highest BCUT2D eigenvalue weighted by Gasteiger charge is 2.25. The first-order chi connectivity index (χ1) is 15.2. The molecule has 0 saturated carbocycles. The van der Waals surface area contributed by atoms with Crippen molar-refractivity contribution in [2.24, 2.45) is 0 Å². The van der Waals surface area contributed by atoms with E-state index in [9.17, 15) is 4.79 Å². The Kier molecular flexibility index (Phi) is 5.69. The summed E-state index contributed by atoms with van der Waals surface area (Å²) < 4.78 is 3.18. The highest BCUT2D eigenvalue weighted by Crippen LogP contribution is 2.25. The quantitative estimate of drug-likeness (QED) is 0.484. The molecule has 1 aliphatic rings. The van der Waals surface area contributed by atoms with E-state index in [0.29, 0.717) is 23.7 Å². The molecule has 0 bridgehead atoms. The molecule has 4 rings (SSSR count). The fourth-order valence-corrected chi connectivity index (χ4v) is 3.87. The number of hydrogen-bond acceptors (Lipinski definition) is 4. The van der Waals surface area contributed by atoms with Crippen LogP contribution in [0.5, 0.6) is 0 Å². The maximum Gasteiger partial charge on any atom is 0.343 e. The lowest BCUT2D eigenvalue weighted by atomic mass is 10.1. The first kappa shape index (κ1) is 20.2. The molecule has 0 N–H and O–H groups in total. The fourth-order valence-electron chi connectivity index (χ4n) is 3.87. The third kappa shape index (κ3) is 3.86. The summed E-state index contributed by atoms with van der Waals surface area (Å²) in [5.41, 5.74) is 1.56. The molecule has 31 heavy (non-hydrogen) atoms. The van der Waals surface area contributed by atoms with Gasteiger partial charge in [-0.3, -0.25) is 9.13 Å². The van der Waals surface area contributed by atoms with Gasteiger partial charge in [-0.1, -0.05) is 30.2 Å². The van der Waals surface area contributed by atoms with E-state index >= 15 is 0 Å². The van der Waals surface area contributed by atoms with Crippen molar-refractivity contribution in [1.29, 1.82) is 0 Å². The molecule has 3 heterocycles. The molecule has 1 fully saturated rings. The smallest absolute Gasteiger partial charge is 0.343 e. The molecule has 0 radical (unpaired) electrons. The van der Waals surface area contributed by atoms with Gasteiger partial charge < -0.3 is 9.74 Å². The second kappa shape index (κ2) is 8.73. The summed E-state index contributed by atoms with van der Waals surface area (Å²) in [6.45, 7) is 18.8. The van der Waals surface area contributed by atoms with E-state index in [1.54, 1.807) is 25.1 Å². The predicted octanol–water partition coefficient (Wildman–Crippen LogP) is 3.76. The lowest BCUT2D eigenvalue weighted by molar-refractivity contribution is 0.561. The molecule has 0 aliphatic carbocycles. The number of benzene rings is 1. The number of piperidine rings is 1. The van der Waals surface area contributed by atoms with Gasteiger partial charge >= 0.3 is 11.5 Å². The molecule has 8 nitrogen and oxygen atoms in total. The number of rotatable bonds is 4. The van der Waals surface area contributed by atoms with Gasteiger partial charge in [-0.25, -0.2) is 9.64 Å². The number of aromatic nitrogens is 4. The number of anilines is 1. The Morgan fingerprint density at radius 2 is 1.90 bits per heavy atom. The molecule has 2 aromatic heterocycles. The zero-order valence-corrected chi connectivity index (χ0v) is 17.3. The van der Waals surface area contributed by atoms with Crippen LogP contribution in [-0.2, 0) is 13.1 Å². The highest BCUT2D eigenvalue weighted by molar-refractivity contribution is 5.76. The largest absolute Gasteiger partial charge is 0.396 e. The normalized spacial score (nSPS) is 13.3. The third-order valence-corrected chi connectivity index (χ3v) is 5.36. The van der Waals surface area contributed by atoms with E-state index in [4.69, 9.17) is 13.1 Å². The highest BCUT2D eigenvalue weighted by atomic mass is 16.1. The SMILES string of the molecule is [C-]#[N+]c1cccc(Cn2c([N+]#[C-])nc3nc(N4CCCCC4)n(CC#CC)c3c2=O)c1. The van der Waals surface area contributed by atoms with Crippen LogP contribution in [0.3, 0.4) is 0 Å². The van der Waals surface area contributed by atoms with Crippen molar-refractivity contribution in [1.82, 2.24) is 19.1 Å². The summed E-state index contributed by atoms with van der Waals surface area (Å²) >= 11 is 0. The molecule has 1 aliphatic heterocycles. The first-order valence-corrected chi connectivity index (χ1v) is 10.2. The van der Waals surface area contributed by atoms with Gasteiger partial charge in [-0.05, 0) is 31.7 Å². The first-order valence-electron chi connectivity index (χ1n) is 10.2. The number of nitrogens with zero attached hydrogens (tertiary/aromatic N) is 7. The lowest BCUT2D eigenvalue weighted by Gasteiger charge is -2.27. The van der Waals surface area contributed by atoms with Gasteiger partial charge in [0, 0.05) is 13.1 Å². The topological polar surface area (TPSA) is 64.7 Å². The molecule has 1 aromatic carbocycles. The van der Waals surface area contributed by atoms with E-state index < -0.39 is 0 Å². The summed E-state index contributed by atoms with van der Waals surface area (Å²) in [5.74, 6) is 6.60. The van der Waals surface area contributed by atoms with Gasteiger partial charge in [-0.15, -0.1) is 17.5 Å². The van der Waals surface area contributed by atoms with Crippen LogP contribution >= 0.6 is 0 Å². The van der Waals surface area contributed by atoms with E-state index in [1.165, 1.54) is 11.0 Å². The zero-order chi connectivity index (χ0) is 21.8. The van der Waals surface area contributed by atoms with Crippen LogP contribution in [0.1, 0.15) is 31.7 Å². The van der Waals surface area contributed by atoms with Crippen molar-refractivity contribution < 1.29 is 0 Å². The molecule has 1 saturated heterocycles. The van der Waals surface area contributed by atoms with Gasteiger partial charge in [0.1, 0.15) is 0 Å². The van der Waals surface area contributed by atoms with Crippen LogP contribution < -0.4 is 10.5 Å². The summed E-state index contributed by atoms with van der Waals surface area (Å²) in [5, 5.41) is 0. The minimum atomic E-state index is -0.321. The Hall–Kier alpha value is -4.09. The van der Waals surface area contributed by atoms with E-state index in [2.05, 4.69) is 36.4 Å². The van der Waals surface area contributed by atoms with Gasteiger partial charge in [-0.2, -0.15) is 4.98 Å². The minimum absolute atomic E-state index is 0.0119. The molecular formula is C23H21N7O. The molecule has 0 spiro atoms. The number of fused-ring (bicyclic) bond motifs is 1. The van der Waals surface area contributed by atoms with Gasteiger partial charge in [0.15, 0.2) is 11.2 Å². The zero-order valence-electron chi connectivity index (χ0n) is 17.3. The Morgan fingerprint density at radius 1 is 1.10 bits per heavy atom. The van der Waals surface area contributed by atoms with Crippen molar-refractivity contribution in [3.63, 3.8) is 0 Å². The van der Waals surface area contributed by atoms with Crippen LogP contribution in [0, 0.1) is 25.0 Å². The Bertz CT molecular complexity index is 1330. The summed E-state index contributed by atoms with van der Waals surface area (Å²) in [6, 6.07) is 7.03. The molecule has 3 aromatic rings. The number of imidazole rings is 1. The second-order valence-corrected chi connectivity index (χ2v) is 7.34. The van der Waals surface area contributed by atoms with Crippen molar-refractivity contribution >= 4 is 28.7 Å². The van der Waals surface area contributed by atoms with Crippen LogP contribution in [-0.4, -0.2) is 32.2 Å². The van der Waals surface area contributed by atoms with Crippen molar-refractivity contribution in [3.8, 4) is 11.8 Å². The van der Waals surface area contributed by atoms with Crippen LogP contribution in [0.15, 0.2) is 29.1 Å². The fraction of sp³-hybridized carbons (Fsp3) is 0.348. The van der Waals surface area contributed by atoms with Gasteiger partial charge in [0.25, 0.3) is 0 Å². The summed E-state index contributed by atoms with van der Waals surface area (Å²) in [4.78, 5) is 31.7. The average Bonchev–Trinajstić information content (AvgIpc) is 3.18. The maximum atomic E-state index is 13.5. The molecular weight excluding hydrogens is 390 g/mol. The molecule has 8 heteroatoms. The molecule has 0 amide bonds. The Balaban J connectivity index is 1.90. The molecule has 0 unspecified atom stereocenters. The number of hydrogen-bond donors (Lipinski definition) is 0. The minimum Gasteiger partial charge on any atom is -0.396 e. The van der Waals surface area contributed by atoms with Crippen molar-refractivity contribution in [3.05, 3.63) is 63.0 Å². The van der Waals surface area contributed by atoms with Crippen LogP contribution in [0.4, 0.5) is 17.6 Å². The molecule has 0 atom stereocenters. The van der Waals surface area contributed by atoms with E-state index in [-0.39, 0.29) is 23.7 Å². The van der Waals surface area contributed by atoms with E-state index in [1.807, 2.05) is 10.6 Å². The van der Waals surface area contributed by atoms with E-state index in [0.717, 1.165) is 31.5 Å². The second-order valence-electron chi connectivity index (χ2n) is 7.34. The standard InChI is InChI=1S/C23H21N7O/c1-4-5-14-29-19-20(27-23(29)28-12-7-6-8-13-28)26-22(25-3)30(21(19)31)16-17-10-9-11-18(15-17)24-2/h9-11,15H,6-8,12-14,16H2,1H3. The maximum absolute atomic E-state index is 13.5. The Labute approximate surface area is 180 Å². The van der Waals surface area contributed by atoms with Crippen LogP contribution in [0.2, 0.25) is 0 Å². The summed E-state index contributed by atoms with van der Waals surface area (Å²) in [6.07, 6.45) is 3.33. The molecule has 154 valence electrons. The van der Waals surface area contributed by atoms with Gasteiger partial charge in [0.05, 0.1) is 19.7 Å².